The Balaban J connectivity index is 1.99. The van der Waals surface area contributed by atoms with Crippen molar-refractivity contribution in [3.8, 4) is 0 Å². The van der Waals surface area contributed by atoms with Crippen molar-refractivity contribution in [2.45, 2.75) is 13.5 Å². The maximum atomic E-state index is 5.58. The fraction of sp³-hybridized carbons (Fsp3) is 0.385. The Morgan fingerprint density at radius 3 is 3.00 bits per heavy atom. The van der Waals surface area contributed by atoms with Crippen LogP contribution < -0.4 is 11.1 Å². The van der Waals surface area contributed by atoms with Crippen LogP contribution in [-0.2, 0) is 6.54 Å². The predicted octanol–water partition coefficient (Wildman–Crippen LogP) is 2.59. The molecule has 3 N–H and O–H groups in total. The van der Waals surface area contributed by atoms with Gasteiger partial charge in [-0.2, -0.15) is 0 Å². The zero-order valence-corrected chi connectivity index (χ0v) is 10.4. The van der Waals surface area contributed by atoms with Gasteiger partial charge in [0.15, 0.2) is 0 Å². The molecule has 1 aromatic carbocycles. The van der Waals surface area contributed by atoms with Crippen molar-refractivity contribution >= 4 is 21.4 Å². The molecule has 2 nitrogen and oxygen atoms in total. The third kappa shape index (κ3) is 2.61. The molecular formula is C13H18N2S. The predicted molar refractivity (Wildman–Crippen MR) is 71.8 cm³/mol. The van der Waals surface area contributed by atoms with Crippen molar-refractivity contribution in [2.24, 2.45) is 11.7 Å². The summed E-state index contributed by atoms with van der Waals surface area (Å²) in [5.41, 5.74) is 6.98. The van der Waals surface area contributed by atoms with Gasteiger partial charge in [-0.15, -0.1) is 11.3 Å². The smallest absolute Gasteiger partial charge is 0.0346 e. The summed E-state index contributed by atoms with van der Waals surface area (Å²) in [5.74, 6) is 0.546. The van der Waals surface area contributed by atoms with Crippen LogP contribution in [0.5, 0.6) is 0 Å². The largest absolute Gasteiger partial charge is 0.330 e. The number of fused-ring (bicyclic) bond motifs is 1. The van der Waals surface area contributed by atoms with Gasteiger partial charge in [-0.1, -0.05) is 25.1 Å². The van der Waals surface area contributed by atoms with Crippen LogP contribution in [-0.4, -0.2) is 13.1 Å². The second-order valence-corrected chi connectivity index (χ2v) is 5.14. The molecule has 0 saturated carbocycles. The molecule has 16 heavy (non-hydrogen) atoms. The highest BCUT2D eigenvalue weighted by molar-refractivity contribution is 7.17. The Hall–Kier alpha value is -0.900. The normalized spacial score (nSPS) is 13.1. The third-order valence-corrected chi connectivity index (χ3v) is 3.78. The maximum Gasteiger partial charge on any atom is 0.0346 e. The van der Waals surface area contributed by atoms with E-state index in [9.17, 15) is 0 Å². The molecule has 0 aliphatic carbocycles. The van der Waals surface area contributed by atoms with E-state index in [1.54, 1.807) is 0 Å². The third-order valence-electron chi connectivity index (χ3n) is 2.77. The first-order chi connectivity index (χ1) is 7.81. The Morgan fingerprint density at radius 2 is 2.19 bits per heavy atom. The number of hydrogen-bond acceptors (Lipinski definition) is 3. The number of nitrogens with one attached hydrogen (secondary N) is 1. The van der Waals surface area contributed by atoms with Crippen molar-refractivity contribution in [3.63, 3.8) is 0 Å². The second-order valence-electron chi connectivity index (χ2n) is 4.23. The van der Waals surface area contributed by atoms with Crippen LogP contribution in [0.15, 0.2) is 29.6 Å². The summed E-state index contributed by atoms with van der Waals surface area (Å²) in [6.07, 6.45) is 0. The molecule has 1 heterocycles. The van der Waals surface area contributed by atoms with Gasteiger partial charge in [0, 0.05) is 11.2 Å². The quantitative estimate of drug-likeness (QED) is 0.834. The summed E-state index contributed by atoms with van der Waals surface area (Å²) >= 11 is 1.81. The number of benzene rings is 1. The van der Waals surface area contributed by atoms with Gasteiger partial charge in [-0.25, -0.2) is 0 Å². The summed E-state index contributed by atoms with van der Waals surface area (Å²) in [4.78, 5) is 0. The summed E-state index contributed by atoms with van der Waals surface area (Å²) in [5, 5.41) is 7.07. The van der Waals surface area contributed by atoms with E-state index < -0.39 is 0 Å². The van der Waals surface area contributed by atoms with E-state index in [4.69, 9.17) is 5.73 Å². The minimum atomic E-state index is 0.546. The average molecular weight is 234 g/mol. The Bertz CT molecular complexity index is 450. The van der Waals surface area contributed by atoms with Gasteiger partial charge in [-0.3, -0.25) is 0 Å². The van der Waals surface area contributed by atoms with E-state index in [1.807, 2.05) is 11.3 Å². The maximum absolute atomic E-state index is 5.58. The van der Waals surface area contributed by atoms with Gasteiger partial charge in [0.05, 0.1) is 0 Å². The Morgan fingerprint density at radius 1 is 1.38 bits per heavy atom. The lowest BCUT2D eigenvalue weighted by atomic mass is 10.1. The van der Waals surface area contributed by atoms with Crippen LogP contribution in [0.25, 0.3) is 10.1 Å². The monoisotopic (exact) mass is 234 g/mol. The molecule has 0 amide bonds. The van der Waals surface area contributed by atoms with Crippen LogP contribution in [0, 0.1) is 5.92 Å². The second kappa shape index (κ2) is 5.43. The van der Waals surface area contributed by atoms with Crippen LogP contribution >= 0.6 is 11.3 Å². The van der Waals surface area contributed by atoms with Gasteiger partial charge in [0.25, 0.3) is 0 Å². The summed E-state index contributed by atoms with van der Waals surface area (Å²) < 4.78 is 1.37. The first kappa shape index (κ1) is 11.6. The van der Waals surface area contributed by atoms with E-state index in [2.05, 4.69) is 41.9 Å². The summed E-state index contributed by atoms with van der Waals surface area (Å²) in [7, 11) is 0. The van der Waals surface area contributed by atoms with Crippen LogP contribution in [0.1, 0.15) is 12.5 Å². The van der Waals surface area contributed by atoms with Gasteiger partial charge in [-0.05, 0) is 41.4 Å². The highest BCUT2D eigenvalue weighted by atomic mass is 32.1. The average Bonchev–Trinajstić information content (AvgIpc) is 2.73. The molecule has 3 heteroatoms. The lowest BCUT2D eigenvalue weighted by Gasteiger charge is -2.09. The van der Waals surface area contributed by atoms with Gasteiger partial charge in [0.1, 0.15) is 0 Å². The van der Waals surface area contributed by atoms with Crippen molar-refractivity contribution in [2.75, 3.05) is 13.1 Å². The Kier molecular flexibility index (Phi) is 3.93. The fourth-order valence-electron chi connectivity index (χ4n) is 1.71. The molecule has 1 aromatic heterocycles. The lowest BCUT2D eigenvalue weighted by molar-refractivity contribution is 0.523. The molecule has 0 saturated heterocycles. The lowest BCUT2D eigenvalue weighted by Crippen LogP contribution is -2.25. The number of nitrogens with two attached hydrogens (primary N) is 1. The zero-order valence-electron chi connectivity index (χ0n) is 9.57. The molecule has 2 rings (SSSR count). The van der Waals surface area contributed by atoms with Gasteiger partial charge >= 0.3 is 0 Å². The van der Waals surface area contributed by atoms with Gasteiger partial charge < -0.3 is 11.1 Å². The molecule has 0 spiro atoms. The molecule has 0 fully saturated rings. The van der Waals surface area contributed by atoms with E-state index in [0.717, 1.165) is 19.6 Å². The standard InChI is InChI=1S/C13H18N2S/c1-10(6-14)7-15-8-11-9-16-13-5-3-2-4-12(11)13/h2-5,9-10,15H,6-8,14H2,1H3. The zero-order chi connectivity index (χ0) is 11.4. The minimum absolute atomic E-state index is 0.546. The fourth-order valence-corrected chi connectivity index (χ4v) is 2.67. The summed E-state index contributed by atoms with van der Waals surface area (Å²) in [6.45, 7) is 4.84. The van der Waals surface area contributed by atoms with Crippen LogP contribution in [0.2, 0.25) is 0 Å². The molecule has 2 aromatic rings. The first-order valence-corrected chi connectivity index (χ1v) is 6.55. The van der Waals surface area contributed by atoms with E-state index in [0.29, 0.717) is 5.92 Å². The number of thiophene rings is 1. The molecule has 1 atom stereocenters. The van der Waals surface area contributed by atoms with Crippen molar-refractivity contribution in [1.29, 1.82) is 0 Å². The molecule has 0 radical (unpaired) electrons. The Labute approximate surface area is 100 Å². The first-order valence-electron chi connectivity index (χ1n) is 5.67. The van der Waals surface area contributed by atoms with Crippen LogP contribution in [0.3, 0.4) is 0 Å². The van der Waals surface area contributed by atoms with E-state index in [1.165, 1.54) is 15.6 Å². The van der Waals surface area contributed by atoms with E-state index >= 15 is 0 Å². The minimum Gasteiger partial charge on any atom is -0.330 e. The van der Waals surface area contributed by atoms with Crippen molar-refractivity contribution < 1.29 is 0 Å². The molecule has 0 aliphatic heterocycles. The molecule has 0 aliphatic rings. The molecule has 1 unspecified atom stereocenters. The van der Waals surface area contributed by atoms with Crippen molar-refractivity contribution in [3.05, 3.63) is 35.2 Å². The molecule has 86 valence electrons. The summed E-state index contributed by atoms with van der Waals surface area (Å²) in [6, 6.07) is 8.55. The topological polar surface area (TPSA) is 38.0 Å². The number of rotatable bonds is 5. The van der Waals surface area contributed by atoms with E-state index in [-0.39, 0.29) is 0 Å². The number of hydrogen-bond donors (Lipinski definition) is 2. The van der Waals surface area contributed by atoms with Crippen molar-refractivity contribution in [1.82, 2.24) is 5.32 Å². The molecule has 0 bridgehead atoms. The molecular weight excluding hydrogens is 216 g/mol. The van der Waals surface area contributed by atoms with Gasteiger partial charge in [0.2, 0.25) is 0 Å². The highest BCUT2D eigenvalue weighted by Gasteiger charge is 2.03. The van der Waals surface area contributed by atoms with Crippen LogP contribution in [0.4, 0.5) is 0 Å². The highest BCUT2D eigenvalue weighted by Crippen LogP contribution is 2.25. The SMILES string of the molecule is CC(CN)CNCc1csc2ccccc12.